The third-order valence-electron chi connectivity index (χ3n) is 1.57. The summed E-state index contributed by atoms with van der Waals surface area (Å²) >= 11 is 0. The van der Waals surface area contributed by atoms with Crippen molar-refractivity contribution in [2.75, 3.05) is 19.7 Å². The number of aliphatic hydroxyl groups is 1. The summed E-state index contributed by atoms with van der Waals surface area (Å²) in [6, 6.07) is -0.140. The molecule has 1 amide bonds. The summed E-state index contributed by atoms with van der Waals surface area (Å²) in [6.07, 6.45) is 1.95. The van der Waals surface area contributed by atoms with Gasteiger partial charge in [0.2, 0.25) is 5.91 Å². The number of aliphatic hydroxyl groups excluding tert-OH is 1. The standard InChI is InChI=1S/C9H18N2O2/c1-3-4-11(5-6-12)9(13)7-8(2)10/h3,8,12H,1,4-7,10H2,2H3. The summed E-state index contributed by atoms with van der Waals surface area (Å²) in [7, 11) is 0. The summed E-state index contributed by atoms with van der Waals surface area (Å²) in [5.41, 5.74) is 5.49. The van der Waals surface area contributed by atoms with Gasteiger partial charge in [-0.1, -0.05) is 6.08 Å². The molecule has 0 bridgehead atoms. The van der Waals surface area contributed by atoms with E-state index in [9.17, 15) is 4.79 Å². The van der Waals surface area contributed by atoms with Crippen molar-refractivity contribution in [2.24, 2.45) is 5.73 Å². The molecule has 0 saturated heterocycles. The Bertz CT molecular complexity index is 169. The number of hydrogen-bond donors (Lipinski definition) is 2. The van der Waals surface area contributed by atoms with Crippen LogP contribution in [0, 0.1) is 0 Å². The minimum Gasteiger partial charge on any atom is -0.395 e. The van der Waals surface area contributed by atoms with E-state index in [4.69, 9.17) is 10.8 Å². The van der Waals surface area contributed by atoms with E-state index < -0.39 is 0 Å². The second-order valence-corrected chi connectivity index (χ2v) is 3.03. The van der Waals surface area contributed by atoms with Gasteiger partial charge in [0.15, 0.2) is 0 Å². The quantitative estimate of drug-likeness (QED) is 0.561. The zero-order chi connectivity index (χ0) is 10.3. The van der Waals surface area contributed by atoms with Gasteiger partial charge in [0, 0.05) is 25.6 Å². The van der Waals surface area contributed by atoms with Crippen molar-refractivity contribution in [3.05, 3.63) is 12.7 Å². The first-order chi connectivity index (χ1) is 6.11. The Balaban J connectivity index is 4.02. The van der Waals surface area contributed by atoms with Crippen molar-refractivity contribution in [1.82, 2.24) is 4.90 Å². The monoisotopic (exact) mass is 186 g/mol. The van der Waals surface area contributed by atoms with Crippen molar-refractivity contribution in [3.8, 4) is 0 Å². The topological polar surface area (TPSA) is 66.6 Å². The predicted octanol–water partition coefficient (Wildman–Crippen LogP) is -0.269. The summed E-state index contributed by atoms with van der Waals surface area (Å²) in [4.78, 5) is 13.0. The molecule has 4 heteroatoms. The Morgan fingerprint density at radius 3 is 2.77 bits per heavy atom. The van der Waals surface area contributed by atoms with Crippen LogP contribution in [0.15, 0.2) is 12.7 Å². The number of amides is 1. The molecule has 0 aromatic heterocycles. The predicted molar refractivity (Wildman–Crippen MR) is 52.1 cm³/mol. The molecule has 1 atom stereocenters. The summed E-state index contributed by atoms with van der Waals surface area (Å²) < 4.78 is 0. The Hall–Kier alpha value is -0.870. The summed E-state index contributed by atoms with van der Waals surface area (Å²) in [6.45, 7) is 6.10. The van der Waals surface area contributed by atoms with Crippen LogP contribution in [-0.2, 0) is 4.79 Å². The second kappa shape index (κ2) is 6.62. The molecule has 0 aromatic rings. The molecular weight excluding hydrogens is 168 g/mol. The van der Waals surface area contributed by atoms with Gasteiger partial charge in [-0.2, -0.15) is 0 Å². The molecule has 0 aliphatic rings. The van der Waals surface area contributed by atoms with E-state index >= 15 is 0 Å². The highest BCUT2D eigenvalue weighted by molar-refractivity contribution is 5.76. The Kier molecular flexibility index (Phi) is 6.18. The fraction of sp³-hybridized carbons (Fsp3) is 0.667. The van der Waals surface area contributed by atoms with Crippen LogP contribution in [0.3, 0.4) is 0 Å². The zero-order valence-corrected chi connectivity index (χ0v) is 8.07. The van der Waals surface area contributed by atoms with Gasteiger partial charge in [0.05, 0.1) is 6.61 Å². The lowest BCUT2D eigenvalue weighted by Gasteiger charge is -2.20. The lowest BCUT2D eigenvalue weighted by atomic mass is 10.2. The maximum Gasteiger partial charge on any atom is 0.224 e. The number of carbonyl (C=O) groups is 1. The molecule has 3 N–H and O–H groups in total. The van der Waals surface area contributed by atoms with Gasteiger partial charge >= 0.3 is 0 Å². The zero-order valence-electron chi connectivity index (χ0n) is 8.07. The van der Waals surface area contributed by atoms with Crippen LogP contribution in [0.4, 0.5) is 0 Å². The number of nitrogens with two attached hydrogens (primary N) is 1. The van der Waals surface area contributed by atoms with E-state index in [1.54, 1.807) is 13.0 Å². The number of nitrogens with zero attached hydrogens (tertiary/aromatic N) is 1. The Morgan fingerprint density at radius 1 is 1.77 bits per heavy atom. The minimum absolute atomic E-state index is 0.0292. The SMILES string of the molecule is C=CCN(CCO)C(=O)CC(C)N. The average Bonchev–Trinajstić information content (AvgIpc) is 2.02. The van der Waals surface area contributed by atoms with E-state index in [-0.39, 0.29) is 18.6 Å². The van der Waals surface area contributed by atoms with Crippen molar-refractivity contribution in [1.29, 1.82) is 0 Å². The first-order valence-electron chi connectivity index (χ1n) is 4.37. The molecule has 0 fully saturated rings. The summed E-state index contributed by atoms with van der Waals surface area (Å²) in [5.74, 6) is -0.0380. The minimum atomic E-state index is -0.140. The molecule has 0 rings (SSSR count). The lowest BCUT2D eigenvalue weighted by molar-refractivity contribution is -0.131. The van der Waals surface area contributed by atoms with Crippen molar-refractivity contribution in [3.63, 3.8) is 0 Å². The van der Waals surface area contributed by atoms with Gasteiger partial charge in [0.25, 0.3) is 0 Å². The van der Waals surface area contributed by atoms with Gasteiger partial charge in [-0.25, -0.2) is 0 Å². The van der Waals surface area contributed by atoms with Crippen LogP contribution in [0.5, 0.6) is 0 Å². The van der Waals surface area contributed by atoms with Gasteiger partial charge in [0.1, 0.15) is 0 Å². The molecule has 4 nitrogen and oxygen atoms in total. The lowest BCUT2D eigenvalue weighted by Crippen LogP contribution is -2.36. The summed E-state index contributed by atoms with van der Waals surface area (Å²) in [5, 5.41) is 8.69. The molecule has 0 aromatic carbocycles. The molecule has 0 heterocycles. The van der Waals surface area contributed by atoms with Crippen LogP contribution in [0.1, 0.15) is 13.3 Å². The van der Waals surface area contributed by atoms with Gasteiger partial charge in [-0.15, -0.1) is 6.58 Å². The normalized spacial score (nSPS) is 12.2. The average molecular weight is 186 g/mol. The first-order valence-corrected chi connectivity index (χ1v) is 4.37. The largest absolute Gasteiger partial charge is 0.395 e. The van der Waals surface area contributed by atoms with Gasteiger partial charge < -0.3 is 15.7 Å². The molecule has 0 aliphatic heterocycles. The number of carbonyl (C=O) groups excluding carboxylic acids is 1. The fourth-order valence-corrected chi connectivity index (χ4v) is 0.999. The van der Waals surface area contributed by atoms with Crippen LogP contribution < -0.4 is 5.73 Å². The van der Waals surface area contributed by atoms with Crippen molar-refractivity contribution < 1.29 is 9.90 Å². The molecule has 1 unspecified atom stereocenters. The highest BCUT2D eigenvalue weighted by atomic mass is 16.3. The molecule has 0 aliphatic carbocycles. The molecule has 0 saturated carbocycles. The highest BCUT2D eigenvalue weighted by Gasteiger charge is 2.12. The first kappa shape index (κ1) is 12.1. The van der Waals surface area contributed by atoms with Crippen LogP contribution in [0.2, 0.25) is 0 Å². The van der Waals surface area contributed by atoms with Crippen LogP contribution in [0.25, 0.3) is 0 Å². The van der Waals surface area contributed by atoms with E-state index in [1.165, 1.54) is 4.90 Å². The van der Waals surface area contributed by atoms with E-state index in [0.29, 0.717) is 19.5 Å². The maximum atomic E-state index is 11.4. The smallest absolute Gasteiger partial charge is 0.224 e. The van der Waals surface area contributed by atoms with Crippen LogP contribution in [-0.4, -0.2) is 41.7 Å². The molecular formula is C9H18N2O2. The van der Waals surface area contributed by atoms with Crippen molar-refractivity contribution >= 4 is 5.91 Å². The maximum absolute atomic E-state index is 11.4. The Labute approximate surface area is 79.0 Å². The molecule has 0 spiro atoms. The van der Waals surface area contributed by atoms with Crippen LogP contribution >= 0.6 is 0 Å². The Morgan fingerprint density at radius 2 is 2.38 bits per heavy atom. The van der Waals surface area contributed by atoms with E-state index in [0.717, 1.165) is 0 Å². The van der Waals surface area contributed by atoms with Gasteiger partial charge in [-0.05, 0) is 6.92 Å². The van der Waals surface area contributed by atoms with Gasteiger partial charge in [-0.3, -0.25) is 4.79 Å². The molecule has 76 valence electrons. The highest BCUT2D eigenvalue weighted by Crippen LogP contribution is 1.96. The third kappa shape index (κ3) is 5.38. The molecule has 13 heavy (non-hydrogen) atoms. The third-order valence-corrected chi connectivity index (χ3v) is 1.57. The van der Waals surface area contributed by atoms with E-state index in [1.807, 2.05) is 0 Å². The number of hydrogen-bond acceptors (Lipinski definition) is 3. The van der Waals surface area contributed by atoms with E-state index in [2.05, 4.69) is 6.58 Å². The fourth-order valence-electron chi connectivity index (χ4n) is 0.999. The van der Waals surface area contributed by atoms with Crippen molar-refractivity contribution in [2.45, 2.75) is 19.4 Å². The number of rotatable bonds is 6. The molecule has 0 radical (unpaired) electrons. The second-order valence-electron chi connectivity index (χ2n) is 3.03.